The number of aryl methyl sites for hydroxylation is 1. The fourth-order valence-electron chi connectivity index (χ4n) is 2.99. The Morgan fingerprint density at radius 1 is 1.13 bits per heavy atom. The van der Waals surface area contributed by atoms with Crippen molar-refractivity contribution in [3.05, 3.63) is 52.3 Å². The Balaban J connectivity index is 2.11. The number of ether oxygens (including phenoxy) is 1. The van der Waals surface area contributed by atoms with Gasteiger partial charge in [-0.05, 0) is 36.8 Å². The number of hydrogen-bond acceptors (Lipinski definition) is 3. The van der Waals surface area contributed by atoms with E-state index < -0.39 is 0 Å². The van der Waals surface area contributed by atoms with Crippen LogP contribution in [-0.4, -0.2) is 59.7 Å². The molecule has 0 saturated carbocycles. The zero-order valence-electron chi connectivity index (χ0n) is 18.2. The molecule has 1 heterocycles. The summed E-state index contributed by atoms with van der Waals surface area (Å²) in [6.07, 6.45) is 3.63. The third-order valence-electron chi connectivity index (χ3n) is 4.89. The standard InChI is InChI=1S/C22H30Cl2N4O3/c1-4-5-11-28(22(30)25-17-8-9-19(23)20(24)14-17)16-21(29)27(12-13-31-3)15-18-7-6-10-26(18)2/h6-10,14H,4-5,11-13,15-16H2,1-3H3,(H,25,30). The monoisotopic (exact) mass is 468 g/mol. The molecule has 0 bridgehead atoms. The smallest absolute Gasteiger partial charge is 0.322 e. The summed E-state index contributed by atoms with van der Waals surface area (Å²) in [6.45, 7) is 3.79. The highest BCUT2D eigenvalue weighted by Crippen LogP contribution is 2.25. The SMILES string of the molecule is CCCCN(CC(=O)N(CCOC)Cc1cccn1C)C(=O)Nc1ccc(Cl)c(Cl)c1. The predicted molar refractivity (Wildman–Crippen MR) is 125 cm³/mol. The maximum atomic E-state index is 13.1. The van der Waals surface area contributed by atoms with E-state index in [0.29, 0.717) is 42.0 Å². The van der Waals surface area contributed by atoms with Gasteiger partial charge in [-0.15, -0.1) is 0 Å². The number of rotatable bonds is 11. The van der Waals surface area contributed by atoms with Crippen LogP contribution in [0.4, 0.5) is 10.5 Å². The number of aromatic nitrogens is 1. The van der Waals surface area contributed by atoms with Crippen LogP contribution in [0.1, 0.15) is 25.5 Å². The molecule has 9 heteroatoms. The molecule has 0 saturated heterocycles. The third kappa shape index (κ3) is 7.76. The molecule has 0 fully saturated rings. The fraction of sp³-hybridized carbons (Fsp3) is 0.455. The van der Waals surface area contributed by atoms with Gasteiger partial charge in [0.15, 0.2) is 0 Å². The molecular weight excluding hydrogens is 439 g/mol. The number of carbonyl (C=O) groups excluding carboxylic acids is 2. The summed E-state index contributed by atoms with van der Waals surface area (Å²) in [5.41, 5.74) is 1.53. The first-order valence-corrected chi connectivity index (χ1v) is 11.0. The number of carbonyl (C=O) groups is 2. The molecule has 3 amide bonds. The molecule has 0 unspecified atom stereocenters. The van der Waals surface area contributed by atoms with E-state index in [4.69, 9.17) is 27.9 Å². The second-order valence-electron chi connectivity index (χ2n) is 7.25. The van der Waals surface area contributed by atoms with Crippen LogP contribution in [0.5, 0.6) is 0 Å². The minimum absolute atomic E-state index is 0.0265. The van der Waals surface area contributed by atoms with Gasteiger partial charge >= 0.3 is 6.03 Å². The number of amides is 3. The van der Waals surface area contributed by atoms with E-state index in [1.165, 1.54) is 4.90 Å². The third-order valence-corrected chi connectivity index (χ3v) is 5.63. The van der Waals surface area contributed by atoms with Crippen molar-refractivity contribution in [3.63, 3.8) is 0 Å². The van der Waals surface area contributed by atoms with Crippen molar-refractivity contribution in [1.82, 2.24) is 14.4 Å². The molecule has 1 aromatic carbocycles. The van der Waals surface area contributed by atoms with E-state index in [-0.39, 0.29) is 18.5 Å². The van der Waals surface area contributed by atoms with Gasteiger partial charge in [0.1, 0.15) is 6.54 Å². The average molecular weight is 469 g/mol. The van der Waals surface area contributed by atoms with E-state index in [9.17, 15) is 9.59 Å². The molecule has 7 nitrogen and oxygen atoms in total. The summed E-state index contributed by atoms with van der Waals surface area (Å²) in [7, 11) is 3.54. The van der Waals surface area contributed by atoms with Crippen LogP contribution in [-0.2, 0) is 23.1 Å². The van der Waals surface area contributed by atoms with Gasteiger partial charge in [-0.25, -0.2) is 4.79 Å². The first-order chi connectivity index (χ1) is 14.8. The van der Waals surface area contributed by atoms with Crippen molar-refractivity contribution in [2.75, 3.05) is 38.7 Å². The van der Waals surface area contributed by atoms with Gasteiger partial charge in [0.05, 0.1) is 23.2 Å². The maximum Gasteiger partial charge on any atom is 0.322 e. The highest BCUT2D eigenvalue weighted by Gasteiger charge is 2.22. The van der Waals surface area contributed by atoms with Gasteiger partial charge in [0.25, 0.3) is 0 Å². The largest absolute Gasteiger partial charge is 0.383 e. The first kappa shape index (κ1) is 25.0. The molecule has 2 aromatic rings. The fourth-order valence-corrected chi connectivity index (χ4v) is 3.29. The van der Waals surface area contributed by atoms with E-state index in [1.807, 2.05) is 36.9 Å². The number of unbranched alkanes of at least 4 members (excludes halogenated alkanes) is 1. The van der Waals surface area contributed by atoms with Crippen LogP contribution in [0.3, 0.4) is 0 Å². The zero-order chi connectivity index (χ0) is 22.8. The van der Waals surface area contributed by atoms with Gasteiger partial charge in [0.2, 0.25) is 5.91 Å². The van der Waals surface area contributed by atoms with Crippen LogP contribution in [0.15, 0.2) is 36.5 Å². The van der Waals surface area contributed by atoms with Crippen molar-refractivity contribution in [1.29, 1.82) is 0 Å². The predicted octanol–water partition coefficient (Wildman–Crippen LogP) is 4.64. The molecule has 0 aliphatic rings. The highest BCUT2D eigenvalue weighted by molar-refractivity contribution is 6.42. The van der Waals surface area contributed by atoms with E-state index in [2.05, 4.69) is 5.32 Å². The molecule has 0 spiro atoms. The molecule has 0 atom stereocenters. The van der Waals surface area contributed by atoms with Gasteiger partial charge < -0.3 is 24.4 Å². The van der Waals surface area contributed by atoms with Crippen molar-refractivity contribution in [2.24, 2.45) is 7.05 Å². The summed E-state index contributed by atoms with van der Waals surface area (Å²) in [5, 5.41) is 3.57. The lowest BCUT2D eigenvalue weighted by molar-refractivity contribution is -0.133. The molecular formula is C22H30Cl2N4O3. The Labute approximate surface area is 193 Å². The van der Waals surface area contributed by atoms with Crippen LogP contribution < -0.4 is 5.32 Å². The number of hydrogen-bond donors (Lipinski definition) is 1. The lowest BCUT2D eigenvalue weighted by Crippen LogP contribution is -2.45. The zero-order valence-corrected chi connectivity index (χ0v) is 19.7. The van der Waals surface area contributed by atoms with E-state index >= 15 is 0 Å². The lowest BCUT2D eigenvalue weighted by atomic mass is 10.3. The Morgan fingerprint density at radius 3 is 2.52 bits per heavy atom. The number of anilines is 1. The maximum absolute atomic E-state index is 13.1. The number of nitrogens with one attached hydrogen (secondary N) is 1. The van der Waals surface area contributed by atoms with Crippen molar-refractivity contribution in [3.8, 4) is 0 Å². The average Bonchev–Trinajstić information content (AvgIpc) is 3.15. The van der Waals surface area contributed by atoms with Gasteiger partial charge in [0, 0.05) is 44.8 Å². The van der Waals surface area contributed by atoms with Crippen LogP contribution >= 0.6 is 23.2 Å². The molecule has 1 N–H and O–H groups in total. The molecule has 170 valence electrons. The lowest BCUT2D eigenvalue weighted by Gasteiger charge is -2.28. The first-order valence-electron chi connectivity index (χ1n) is 10.2. The van der Waals surface area contributed by atoms with Crippen molar-refractivity contribution < 1.29 is 14.3 Å². The van der Waals surface area contributed by atoms with Gasteiger partial charge in [-0.2, -0.15) is 0 Å². The van der Waals surface area contributed by atoms with E-state index in [0.717, 1.165) is 18.5 Å². The summed E-state index contributed by atoms with van der Waals surface area (Å²) < 4.78 is 7.14. The molecule has 1 aromatic heterocycles. The minimum atomic E-state index is -0.356. The minimum Gasteiger partial charge on any atom is -0.383 e. The number of halogens is 2. The van der Waals surface area contributed by atoms with Gasteiger partial charge in [-0.3, -0.25) is 4.79 Å². The number of urea groups is 1. The highest BCUT2D eigenvalue weighted by atomic mass is 35.5. The molecule has 0 aliphatic heterocycles. The Kier molecular flexibility index (Phi) is 10.2. The number of benzene rings is 1. The normalized spacial score (nSPS) is 10.7. The Bertz CT molecular complexity index is 872. The molecule has 31 heavy (non-hydrogen) atoms. The second kappa shape index (κ2) is 12.6. The second-order valence-corrected chi connectivity index (χ2v) is 8.07. The van der Waals surface area contributed by atoms with Crippen LogP contribution in [0.25, 0.3) is 0 Å². The van der Waals surface area contributed by atoms with Crippen LogP contribution in [0.2, 0.25) is 10.0 Å². The van der Waals surface area contributed by atoms with Crippen LogP contribution in [0, 0.1) is 0 Å². The van der Waals surface area contributed by atoms with Gasteiger partial charge in [-0.1, -0.05) is 36.5 Å². The van der Waals surface area contributed by atoms with Crippen molar-refractivity contribution in [2.45, 2.75) is 26.3 Å². The summed E-state index contributed by atoms with van der Waals surface area (Å²) in [5.74, 6) is -0.140. The topological polar surface area (TPSA) is 66.8 Å². The quantitative estimate of drug-likeness (QED) is 0.522. The Morgan fingerprint density at radius 2 is 1.90 bits per heavy atom. The summed E-state index contributed by atoms with van der Waals surface area (Å²) in [6, 6.07) is 8.43. The summed E-state index contributed by atoms with van der Waals surface area (Å²) >= 11 is 12.0. The Hall–Kier alpha value is -2.22. The van der Waals surface area contributed by atoms with Crippen molar-refractivity contribution >= 4 is 40.8 Å². The molecule has 2 rings (SSSR count). The van der Waals surface area contributed by atoms with E-state index in [1.54, 1.807) is 30.2 Å². The molecule has 0 aliphatic carbocycles. The number of methoxy groups -OCH3 is 1. The molecule has 0 radical (unpaired) electrons. The summed E-state index contributed by atoms with van der Waals surface area (Å²) in [4.78, 5) is 29.3. The number of nitrogens with zero attached hydrogens (tertiary/aromatic N) is 3.